The van der Waals surface area contributed by atoms with Crippen molar-refractivity contribution in [2.45, 2.75) is 0 Å². The summed E-state index contributed by atoms with van der Waals surface area (Å²) in [6.07, 6.45) is 7.70. The summed E-state index contributed by atoms with van der Waals surface area (Å²) in [5.41, 5.74) is 2.39. The van der Waals surface area contributed by atoms with Gasteiger partial charge in [0.1, 0.15) is 0 Å². The van der Waals surface area contributed by atoms with Crippen molar-refractivity contribution < 1.29 is 0 Å². The SMILES string of the molecule is C=CC1=C(C=C)C=C1. The quantitative estimate of drug-likeness (QED) is 0.504. The number of hydrogen-bond donors (Lipinski definition) is 0. The van der Waals surface area contributed by atoms with Gasteiger partial charge in [-0.15, -0.1) is 0 Å². The van der Waals surface area contributed by atoms with Crippen LogP contribution in [0.3, 0.4) is 0 Å². The van der Waals surface area contributed by atoms with Crippen molar-refractivity contribution in [3.05, 3.63) is 48.6 Å². The molecule has 0 N–H and O–H groups in total. The van der Waals surface area contributed by atoms with Gasteiger partial charge in [0, 0.05) is 0 Å². The minimum atomic E-state index is 1.19. The lowest BCUT2D eigenvalue weighted by Gasteiger charge is -2.06. The van der Waals surface area contributed by atoms with Gasteiger partial charge < -0.3 is 0 Å². The van der Waals surface area contributed by atoms with E-state index in [1.165, 1.54) is 11.1 Å². The third kappa shape index (κ3) is 0.544. The van der Waals surface area contributed by atoms with Crippen LogP contribution in [0.15, 0.2) is 48.6 Å². The highest BCUT2D eigenvalue weighted by molar-refractivity contribution is 5.54. The molecule has 0 nitrogen and oxygen atoms in total. The lowest BCUT2D eigenvalue weighted by atomic mass is 9.99. The molecule has 1 aliphatic rings. The zero-order chi connectivity index (χ0) is 5.98. The smallest absolute Gasteiger partial charge is 0.0190 e. The molecule has 0 radical (unpaired) electrons. The molecule has 0 unspecified atom stereocenters. The van der Waals surface area contributed by atoms with Crippen LogP contribution in [0.25, 0.3) is 0 Å². The summed E-state index contributed by atoms with van der Waals surface area (Å²) in [4.78, 5) is 0. The molecule has 0 saturated heterocycles. The number of hydrogen-bond acceptors (Lipinski definition) is 0. The maximum atomic E-state index is 3.62. The van der Waals surface area contributed by atoms with E-state index in [4.69, 9.17) is 0 Å². The van der Waals surface area contributed by atoms with Gasteiger partial charge in [-0.1, -0.05) is 37.5 Å². The van der Waals surface area contributed by atoms with Gasteiger partial charge in [-0.2, -0.15) is 0 Å². The number of allylic oxidation sites excluding steroid dienone is 6. The Morgan fingerprint density at radius 1 is 1.00 bits per heavy atom. The van der Waals surface area contributed by atoms with E-state index in [1.54, 1.807) is 0 Å². The number of rotatable bonds is 2. The Morgan fingerprint density at radius 3 is 1.50 bits per heavy atom. The van der Waals surface area contributed by atoms with Crippen molar-refractivity contribution in [3.8, 4) is 0 Å². The minimum Gasteiger partial charge on any atom is -0.0984 e. The van der Waals surface area contributed by atoms with Crippen LogP contribution in [0.4, 0.5) is 0 Å². The molecule has 8 heavy (non-hydrogen) atoms. The lowest BCUT2D eigenvalue weighted by Crippen LogP contribution is -1.87. The third-order valence-corrected chi connectivity index (χ3v) is 1.22. The van der Waals surface area contributed by atoms with E-state index in [1.807, 2.05) is 24.3 Å². The van der Waals surface area contributed by atoms with E-state index in [9.17, 15) is 0 Å². The summed E-state index contributed by atoms with van der Waals surface area (Å²) >= 11 is 0. The molecule has 0 amide bonds. The fourth-order valence-corrected chi connectivity index (χ4v) is 0.648. The first-order valence-electron chi connectivity index (χ1n) is 2.55. The second kappa shape index (κ2) is 1.83. The summed E-state index contributed by atoms with van der Waals surface area (Å²) in [6, 6.07) is 0. The molecule has 0 heteroatoms. The Balaban J connectivity index is 2.79. The van der Waals surface area contributed by atoms with Crippen LogP contribution in [-0.2, 0) is 0 Å². The zero-order valence-electron chi connectivity index (χ0n) is 4.72. The van der Waals surface area contributed by atoms with Crippen molar-refractivity contribution in [3.63, 3.8) is 0 Å². The average molecular weight is 104 g/mol. The predicted octanol–water partition coefficient (Wildman–Crippen LogP) is 2.22. The highest BCUT2D eigenvalue weighted by Gasteiger charge is 1.99. The largest absolute Gasteiger partial charge is 0.0984 e. The molecular weight excluding hydrogens is 96.1 g/mol. The van der Waals surface area contributed by atoms with E-state index in [-0.39, 0.29) is 0 Å². The van der Waals surface area contributed by atoms with Crippen LogP contribution in [-0.4, -0.2) is 0 Å². The molecular formula is C8H8. The first-order chi connectivity index (χ1) is 3.88. The van der Waals surface area contributed by atoms with Crippen molar-refractivity contribution in [2.75, 3.05) is 0 Å². The summed E-state index contributed by atoms with van der Waals surface area (Å²) in [5, 5.41) is 0. The Kier molecular flexibility index (Phi) is 1.17. The van der Waals surface area contributed by atoms with Gasteiger partial charge in [0.15, 0.2) is 0 Å². The fourth-order valence-electron chi connectivity index (χ4n) is 0.648. The van der Waals surface area contributed by atoms with Crippen LogP contribution in [0, 0.1) is 0 Å². The fraction of sp³-hybridized carbons (Fsp3) is 0. The summed E-state index contributed by atoms with van der Waals surface area (Å²) in [5.74, 6) is 0. The van der Waals surface area contributed by atoms with Crippen LogP contribution < -0.4 is 0 Å². The second-order valence-electron chi connectivity index (χ2n) is 1.65. The highest BCUT2D eigenvalue weighted by Crippen LogP contribution is 2.19. The second-order valence-corrected chi connectivity index (χ2v) is 1.65. The topological polar surface area (TPSA) is 0 Å². The maximum Gasteiger partial charge on any atom is -0.0190 e. The molecule has 1 rings (SSSR count). The summed E-state index contributed by atoms with van der Waals surface area (Å²) in [6.45, 7) is 7.25. The molecule has 0 aromatic heterocycles. The molecule has 0 aromatic rings. The maximum absolute atomic E-state index is 3.62. The Labute approximate surface area is 49.5 Å². The highest BCUT2D eigenvalue weighted by atomic mass is 14.0. The average Bonchev–Trinajstić information content (AvgIpc) is 1.66. The van der Waals surface area contributed by atoms with Crippen LogP contribution in [0.1, 0.15) is 0 Å². The molecule has 0 spiro atoms. The summed E-state index contributed by atoms with van der Waals surface area (Å²) in [7, 11) is 0. The molecule has 1 aliphatic carbocycles. The van der Waals surface area contributed by atoms with Gasteiger partial charge in [0.25, 0.3) is 0 Å². The van der Waals surface area contributed by atoms with E-state index in [0.717, 1.165) is 0 Å². The van der Waals surface area contributed by atoms with E-state index in [2.05, 4.69) is 13.2 Å². The third-order valence-electron chi connectivity index (χ3n) is 1.22. The monoisotopic (exact) mass is 104 g/mol. The first-order valence-corrected chi connectivity index (χ1v) is 2.55. The molecule has 0 saturated carbocycles. The summed E-state index contributed by atoms with van der Waals surface area (Å²) < 4.78 is 0. The molecule has 0 bridgehead atoms. The van der Waals surface area contributed by atoms with E-state index < -0.39 is 0 Å². The van der Waals surface area contributed by atoms with E-state index in [0.29, 0.717) is 0 Å². The Morgan fingerprint density at radius 2 is 1.38 bits per heavy atom. The normalized spacial score (nSPS) is 15.5. The van der Waals surface area contributed by atoms with E-state index >= 15 is 0 Å². The standard InChI is InChI=1S/C8H8/c1-3-7-5-6-8(7)4-2/h3-6H,1-2H2. The van der Waals surface area contributed by atoms with Crippen molar-refractivity contribution in [1.82, 2.24) is 0 Å². The van der Waals surface area contributed by atoms with Crippen LogP contribution >= 0.6 is 0 Å². The van der Waals surface area contributed by atoms with Gasteiger partial charge in [-0.05, 0) is 11.1 Å². The Bertz CT molecular complexity index is 152. The first kappa shape index (κ1) is 5.10. The van der Waals surface area contributed by atoms with Gasteiger partial charge >= 0.3 is 0 Å². The Hall–Kier alpha value is -1.04. The van der Waals surface area contributed by atoms with Crippen LogP contribution in [0.2, 0.25) is 0 Å². The van der Waals surface area contributed by atoms with Gasteiger partial charge in [-0.3, -0.25) is 0 Å². The predicted molar refractivity (Wildman–Crippen MR) is 36.6 cm³/mol. The van der Waals surface area contributed by atoms with Crippen molar-refractivity contribution in [2.24, 2.45) is 0 Å². The molecule has 0 aliphatic heterocycles. The molecule has 40 valence electrons. The van der Waals surface area contributed by atoms with Crippen molar-refractivity contribution >= 4 is 0 Å². The van der Waals surface area contributed by atoms with Crippen LogP contribution in [0.5, 0.6) is 0 Å². The molecule has 0 aromatic carbocycles. The zero-order valence-corrected chi connectivity index (χ0v) is 4.72. The van der Waals surface area contributed by atoms with Gasteiger partial charge in [-0.25, -0.2) is 0 Å². The minimum absolute atomic E-state index is 1.19. The van der Waals surface area contributed by atoms with Gasteiger partial charge in [0.05, 0.1) is 0 Å². The lowest BCUT2D eigenvalue weighted by molar-refractivity contribution is 1.49. The molecule has 0 heterocycles. The van der Waals surface area contributed by atoms with Crippen molar-refractivity contribution in [1.29, 1.82) is 0 Å². The molecule has 0 atom stereocenters. The molecule has 0 fully saturated rings. The van der Waals surface area contributed by atoms with Gasteiger partial charge in [0.2, 0.25) is 0 Å².